The molecular formula is C26H19F4N5O2. The van der Waals surface area contributed by atoms with Crippen LogP contribution >= 0.6 is 0 Å². The summed E-state index contributed by atoms with van der Waals surface area (Å²) in [5, 5.41) is 4.50. The Morgan fingerprint density at radius 3 is 2.27 bits per heavy atom. The number of carbonyl (C=O) groups excluding carboxylic acids is 2. The Morgan fingerprint density at radius 2 is 1.51 bits per heavy atom. The molecule has 0 saturated carbocycles. The number of halogens is 4. The van der Waals surface area contributed by atoms with E-state index in [1.165, 1.54) is 12.1 Å². The summed E-state index contributed by atoms with van der Waals surface area (Å²) in [6.07, 6.45) is 3.75. The lowest BCUT2D eigenvalue weighted by molar-refractivity contribution is 0.103. The van der Waals surface area contributed by atoms with E-state index in [9.17, 15) is 27.2 Å². The molecule has 1 aliphatic heterocycles. The zero-order valence-corrected chi connectivity index (χ0v) is 19.2. The van der Waals surface area contributed by atoms with Crippen molar-refractivity contribution in [3.63, 3.8) is 0 Å². The SMILES string of the molecule is O=C(Nc1ccc(F)c(F)c1)Nc1cc(F)c(F)c(C(=O)c2ccc3ncc(N4CCCC4)nc3c2)c1. The molecule has 3 aromatic carbocycles. The maximum atomic E-state index is 14.6. The molecule has 0 unspecified atom stereocenters. The van der Waals surface area contributed by atoms with Crippen molar-refractivity contribution in [1.82, 2.24) is 9.97 Å². The minimum absolute atomic E-state index is 0.0575. The summed E-state index contributed by atoms with van der Waals surface area (Å²) in [7, 11) is 0. The standard InChI is InChI=1S/C26H19F4N5O2/c27-18-5-4-15(11-19(18)28)32-26(37)33-16-10-17(24(30)20(29)12-16)25(36)14-3-6-21-22(9-14)34-23(13-31-21)35-7-1-2-8-35/h3-6,9-13H,1-2,7-8H2,(H2,32,33,37). The van der Waals surface area contributed by atoms with Crippen molar-refractivity contribution >= 4 is 40.0 Å². The second-order valence-corrected chi connectivity index (χ2v) is 8.48. The van der Waals surface area contributed by atoms with Crippen LogP contribution in [-0.4, -0.2) is 34.9 Å². The van der Waals surface area contributed by atoms with Crippen LogP contribution in [-0.2, 0) is 0 Å². The van der Waals surface area contributed by atoms with E-state index in [0.717, 1.165) is 50.2 Å². The number of aromatic nitrogens is 2. The van der Waals surface area contributed by atoms with Crippen LogP contribution in [0.5, 0.6) is 0 Å². The van der Waals surface area contributed by atoms with Gasteiger partial charge in [0.2, 0.25) is 0 Å². The number of anilines is 3. The molecule has 0 aliphatic carbocycles. The van der Waals surface area contributed by atoms with Gasteiger partial charge in [0, 0.05) is 42.2 Å². The molecule has 2 heterocycles. The molecule has 4 aromatic rings. The maximum Gasteiger partial charge on any atom is 0.323 e. The van der Waals surface area contributed by atoms with Gasteiger partial charge in [0.05, 0.1) is 22.8 Å². The van der Waals surface area contributed by atoms with E-state index in [1.54, 1.807) is 12.3 Å². The summed E-state index contributed by atoms with van der Waals surface area (Å²) in [6.45, 7) is 1.71. The quantitative estimate of drug-likeness (QED) is 0.268. The molecule has 188 valence electrons. The van der Waals surface area contributed by atoms with Crippen molar-refractivity contribution in [2.45, 2.75) is 12.8 Å². The highest BCUT2D eigenvalue weighted by atomic mass is 19.2. The molecule has 1 fully saturated rings. The molecule has 1 aromatic heterocycles. The highest BCUT2D eigenvalue weighted by Crippen LogP contribution is 2.25. The number of amides is 2. The van der Waals surface area contributed by atoms with Gasteiger partial charge in [-0.15, -0.1) is 0 Å². The number of rotatable bonds is 5. The number of hydrogen-bond acceptors (Lipinski definition) is 5. The fraction of sp³-hybridized carbons (Fsp3) is 0.154. The molecule has 1 saturated heterocycles. The van der Waals surface area contributed by atoms with Crippen LogP contribution in [0, 0.1) is 23.3 Å². The van der Waals surface area contributed by atoms with Crippen LogP contribution in [0.1, 0.15) is 28.8 Å². The lowest BCUT2D eigenvalue weighted by atomic mass is 10.0. The van der Waals surface area contributed by atoms with Crippen LogP contribution in [0.15, 0.2) is 54.7 Å². The van der Waals surface area contributed by atoms with Gasteiger partial charge in [0.15, 0.2) is 29.1 Å². The third kappa shape index (κ3) is 5.06. The molecule has 37 heavy (non-hydrogen) atoms. The Bertz CT molecular complexity index is 1540. The Kier molecular flexibility index (Phi) is 6.43. The van der Waals surface area contributed by atoms with E-state index in [2.05, 4.69) is 25.5 Å². The van der Waals surface area contributed by atoms with Crippen molar-refractivity contribution < 1.29 is 27.2 Å². The number of nitrogens with one attached hydrogen (secondary N) is 2. The number of urea groups is 1. The van der Waals surface area contributed by atoms with E-state index in [0.29, 0.717) is 22.9 Å². The van der Waals surface area contributed by atoms with Gasteiger partial charge < -0.3 is 15.5 Å². The van der Waals surface area contributed by atoms with Crippen molar-refractivity contribution in [2.75, 3.05) is 28.6 Å². The number of carbonyl (C=O) groups is 2. The van der Waals surface area contributed by atoms with E-state index in [1.807, 2.05) is 0 Å². The fourth-order valence-corrected chi connectivity index (χ4v) is 4.09. The number of fused-ring (bicyclic) bond motifs is 1. The monoisotopic (exact) mass is 509 g/mol. The van der Waals surface area contributed by atoms with Crippen LogP contribution in [0.4, 0.5) is 39.5 Å². The molecule has 2 N–H and O–H groups in total. The van der Waals surface area contributed by atoms with Crippen LogP contribution in [0.2, 0.25) is 0 Å². The van der Waals surface area contributed by atoms with Crippen molar-refractivity contribution in [1.29, 1.82) is 0 Å². The average molecular weight is 509 g/mol. The first-order valence-electron chi connectivity index (χ1n) is 11.4. The molecular weight excluding hydrogens is 490 g/mol. The minimum atomic E-state index is -1.38. The van der Waals surface area contributed by atoms with Gasteiger partial charge in [0.1, 0.15) is 5.82 Å². The largest absolute Gasteiger partial charge is 0.355 e. The van der Waals surface area contributed by atoms with Crippen LogP contribution in [0.3, 0.4) is 0 Å². The van der Waals surface area contributed by atoms with Crippen molar-refractivity contribution in [3.05, 3.63) is 89.1 Å². The van der Waals surface area contributed by atoms with Crippen LogP contribution < -0.4 is 15.5 Å². The van der Waals surface area contributed by atoms with E-state index in [4.69, 9.17) is 0 Å². The Balaban J connectivity index is 1.40. The molecule has 5 rings (SSSR count). The van der Waals surface area contributed by atoms with Crippen molar-refractivity contribution in [2.24, 2.45) is 0 Å². The first-order chi connectivity index (χ1) is 17.8. The molecule has 2 amide bonds. The molecule has 0 radical (unpaired) electrons. The second-order valence-electron chi connectivity index (χ2n) is 8.48. The highest BCUT2D eigenvalue weighted by molar-refractivity contribution is 6.11. The maximum absolute atomic E-state index is 14.6. The van der Waals surface area contributed by atoms with E-state index in [-0.39, 0.29) is 16.9 Å². The number of benzene rings is 3. The first-order valence-corrected chi connectivity index (χ1v) is 11.4. The lowest BCUT2D eigenvalue weighted by Crippen LogP contribution is -2.20. The normalized spacial score (nSPS) is 13.1. The average Bonchev–Trinajstić information content (AvgIpc) is 3.42. The zero-order valence-electron chi connectivity index (χ0n) is 19.2. The first kappa shape index (κ1) is 24.2. The molecule has 11 heteroatoms. The topological polar surface area (TPSA) is 87.2 Å². The third-order valence-electron chi connectivity index (χ3n) is 5.93. The predicted octanol–water partition coefficient (Wildman–Crippen LogP) is 5.66. The summed E-state index contributed by atoms with van der Waals surface area (Å²) < 4.78 is 55.4. The summed E-state index contributed by atoms with van der Waals surface area (Å²) in [5.74, 6) is -5.16. The fourth-order valence-electron chi connectivity index (χ4n) is 4.09. The lowest BCUT2D eigenvalue weighted by Gasteiger charge is -2.16. The highest BCUT2D eigenvalue weighted by Gasteiger charge is 2.21. The Hall–Kier alpha value is -4.54. The molecule has 0 spiro atoms. The number of hydrogen-bond donors (Lipinski definition) is 2. The van der Waals surface area contributed by atoms with Gasteiger partial charge in [-0.05, 0) is 49.2 Å². The van der Waals surface area contributed by atoms with Crippen LogP contribution in [0.25, 0.3) is 11.0 Å². The van der Waals surface area contributed by atoms with Gasteiger partial charge in [-0.25, -0.2) is 27.3 Å². The molecule has 1 aliphatic rings. The van der Waals surface area contributed by atoms with Gasteiger partial charge in [0.25, 0.3) is 0 Å². The predicted molar refractivity (Wildman–Crippen MR) is 130 cm³/mol. The second kappa shape index (κ2) is 9.84. The van der Waals surface area contributed by atoms with E-state index < -0.39 is 40.6 Å². The van der Waals surface area contributed by atoms with E-state index >= 15 is 0 Å². The smallest absolute Gasteiger partial charge is 0.323 e. The third-order valence-corrected chi connectivity index (χ3v) is 5.93. The molecule has 7 nitrogen and oxygen atoms in total. The summed E-state index contributed by atoms with van der Waals surface area (Å²) in [5.41, 5.74) is 0.125. The van der Waals surface area contributed by atoms with Crippen molar-refractivity contribution in [3.8, 4) is 0 Å². The summed E-state index contributed by atoms with van der Waals surface area (Å²) >= 11 is 0. The van der Waals surface area contributed by atoms with Gasteiger partial charge in [-0.1, -0.05) is 0 Å². The Labute approximate surface area is 208 Å². The van der Waals surface area contributed by atoms with Gasteiger partial charge in [-0.2, -0.15) is 0 Å². The summed E-state index contributed by atoms with van der Waals surface area (Å²) in [4.78, 5) is 36.4. The number of nitrogens with zero attached hydrogens (tertiary/aromatic N) is 3. The minimum Gasteiger partial charge on any atom is -0.355 e. The number of ketones is 1. The molecule has 0 bridgehead atoms. The molecule has 0 atom stereocenters. The zero-order chi connectivity index (χ0) is 26.1. The summed E-state index contributed by atoms with van der Waals surface area (Å²) in [6, 6.07) is 7.90. The van der Waals surface area contributed by atoms with Gasteiger partial charge in [-0.3, -0.25) is 9.78 Å². The van der Waals surface area contributed by atoms with Gasteiger partial charge >= 0.3 is 6.03 Å². The Morgan fingerprint density at radius 1 is 0.784 bits per heavy atom.